The van der Waals surface area contributed by atoms with Crippen molar-refractivity contribution in [3.05, 3.63) is 23.8 Å². The molecule has 1 aliphatic heterocycles. The first-order chi connectivity index (χ1) is 8.89. The maximum Gasteiger partial charge on any atom is 0.321 e. The standard InChI is InChI=1S/C12H17N3O3S/c1-9-10(5-4-6-11(9)19(13,17)18)14-12(16)15-7-2-3-8-15/h4-6H,2-3,7-8H2,1H3,(H,14,16)(H2,13,17,18). The average Bonchev–Trinajstić information content (AvgIpc) is 2.83. The fourth-order valence-electron chi connectivity index (χ4n) is 2.17. The number of benzene rings is 1. The quantitative estimate of drug-likeness (QED) is 0.856. The number of urea groups is 1. The van der Waals surface area contributed by atoms with Gasteiger partial charge in [0.1, 0.15) is 0 Å². The highest BCUT2D eigenvalue weighted by Gasteiger charge is 2.20. The van der Waals surface area contributed by atoms with Gasteiger partial charge in [-0.3, -0.25) is 0 Å². The van der Waals surface area contributed by atoms with Crippen molar-refractivity contribution in [2.75, 3.05) is 18.4 Å². The number of nitrogens with one attached hydrogen (secondary N) is 1. The molecule has 0 atom stereocenters. The van der Waals surface area contributed by atoms with Gasteiger partial charge in [-0.25, -0.2) is 18.4 Å². The largest absolute Gasteiger partial charge is 0.325 e. The molecule has 0 radical (unpaired) electrons. The summed E-state index contributed by atoms with van der Waals surface area (Å²) in [6.45, 7) is 3.10. The van der Waals surface area contributed by atoms with Crippen LogP contribution in [0.4, 0.5) is 10.5 Å². The Bertz CT molecular complexity index is 592. The molecule has 1 aromatic rings. The summed E-state index contributed by atoms with van der Waals surface area (Å²) in [6.07, 6.45) is 2.01. The lowest BCUT2D eigenvalue weighted by atomic mass is 10.2. The van der Waals surface area contributed by atoms with Crippen molar-refractivity contribution in [3.63, 3.8) is 0 Å². The fourth-order valence-corrected chi connectivity index (χ4v) is 2.98. The highest BCUT2D eigenvalue weighted by Crippen LogP contribution is 2.22. The molecule has 1 aromatic carbocycles. The van der Waals surface area contributed by atoms with Gasteiger partial charge in [-0.1, -0.05) is 6.07 Å². The molecular formula is C12H17N3O3S. The highest BCUT2D eigenvalue weighted by atomic mass is 32.2. The van der Waals surface area contributed by atoms with Crippen LogP contribution >= 0.6 is 0 Å². The lowest BCUT2D eigenvalue weighted by Gasteiger charge is -2.18. The number of carbonyl (C=O) groups excluding carboxylic acids is 1. The Labute approximate surface area is 112 Å². The van der Waals surface area contributed by atoms with Gasteiger partial charge in [-0.05, 0) is 37.5 Å². The third kappa shape index (κ3) is 3.05. The number of hydrogen-bond acceptors (Lipinski definition) is 3. The summed E-state index contributed by atoms with van der Waals surface area (Å²) in [4.78, 5) is 13.7. The van der Waals surface area contributed by atoms with Gasteiger partial charge in [0.15, 0.2) is 0 Å². The highest BCUT2D eigenvalue weighted by molar-refractivity contribution is 7.89. The molecule has 2 amide bonds. The van der Waals surface area contributed by atoms with E-state index in [1.165, 1.54) is 6.07 Å². The minimum absolute atomic E-state index is 0.0340. The van der Waals surface area contributed by atoms with Crippen LogP contribution in [0.2, 0.25) is 0 Å². The number of nitrogens with zero attached hydrogens (tertiary/aromatic N) is 1. The maximum absolute atomic E-state index is 12.0. The van der Waals surface area contributed by atoms with Gasteiger partial charge in [0.25, 0.3) is 0 Å². The van der Waals surface area contributed by atoms with Gasteiger partial charge in [-0.15, -0.1) is 0 Å². The van der Waals surface area contributed by atoms with Crippen LogP contribution in [0.5, 0.6) is 0 Å². The number of nitrogens with two attached hydrogens (primary N) is 1. The molecule has 2 rings (SSSR count). The van der Waals surface area contributed by atoms with Gasteiger partial charge in [-0.2, -0.15) is 0 Å². The van der Waals surface area contributed by atoms with Crippen molar-refractivity contribution in [1.29, 1.82) is 0 Å². The number of likely N-dealkylation sites (tertiary alicyclic amines) is 1. The molecular weight excluding hydrogens is 266 g/mol. The van der Waals surface area contributed by atoms with E-state index in [1.54, 1.807) is 24.0 Å². The summed E-state index contributed by atoms with van der Waals surface area (Å²) in [5, 5.41) is 7.86. The first-order valence-corrected chi connectivity index (χ1v) is 7.62. The average molecular weight is 283 g/mol. The number of sulfonamides is 1. The molecule has 6 nitrogen and oxygen atoms in total. The monoisotopic (exact) mass is 283 g/mol. The number of anilines is 1. The SMILES string of the molecule is Cc1c(NC(=O)N2CCCC2)cccc1S(N)(=O)=O. The van der Waals surface area contributed by atoms with Crippen LogP contribution in [0.15, 0.2) is 23.1 Å². The Morgan fingerprint density at radius 2 is 1.95 bits per heavy atom. The predicted octanol–water partition coefficient (Wildman–Crippen LogP) is 1.27. The molecule has 0 bridgehead atoms. The summed E-state index contributed by atoms with van der Waals surface area (Å²) in [7, 11) is -3.78. The Kier molecular flexibility index (Phi) is 3.77. The fraction of sp³-hybridized carbons (Fsp3) is 0.417. The normalized spacial score (nSPS) is 15.6. The van der Waals surface area contributed by atoms with Gasteiger partial charge in [0.2, 0.25) is 10.0 Å². The molecule has 1 aliphatic rings. The van der Waals surface area contributed by atoms with Crippen LogP contribution in [-0.4, -0.2) is 32.4 Å². The second-order valence-corrected chi connectivity index (χ2v) is 6.13. The molecule has 0 unspecified atom stereocenters. The second-order valence-electron chi connectivity index (χ2n) is 4.60. The first-order valence-electron chi connectivity index (χ1n) is 6.08. The molecule has 1 heterocycles. The van der Waals surface area contributed by atoms with E-state index < -0.39 is 10.0 Å². The summed E-state index contributed by atoms with van der Waals surface area (Å²) in [5.41, 5.74) is 0.931. The van der Waals surface area contributed by atoms with Gasteiger partial charge < -0.3 is 10.2 Å². The van der Waals surface area contributed by atoms with Crippen LogP contribution in [-0.2, 0) is 10.0 Å². The number of carbonyl (C=O) groups is 1. The van der Waals surface area contributed by atoms with Crippen molar-refractivity contribution >= 4 is 21.7 Å². The van der Waals surface area contributed by atoms with E-state index in [2.05, 4.69) is 5.32 Å². The number of primary sulfonamides is 1. The summed E-state index contributed by atoms with van der Waals surface area (Å²) in [5.74, 6) is 0. The minimum Gasteiger partial charge on any atom is -0.325 e. The van der Waals surface area contributed by atoms with E-state index in [0.29, 0.717) is 11.3 Å². The van der Waals surface area contributed by atoms with E-state index in [1.807, 2.05) is 0 Å². The van der Waals surface area contributed by atoms with Crippen molar-refractivity contribution in [3.8, 4) is 0 Å². The van der Waals surface area contributed by atoms with Gasteiger partial charge in [0, 0.05) is 18.8 Å². The van der Waals surface area contributed by atoms with Gasteiger partial charge >= 0.3 is 6.03 Å². The van der Waals surface area contributed by atoms with Crippen molar-refractivity contribution in [1.82, 2.24) is 4.90 Å². The number of rotatable bonds is 2. The zero-order valence-corrected chi connectivity index (χ0v) is 11.5. The second kappa shape index (κ2) is 5.18. The zero-order valence-electron chi connectivity index (χ0n) is 10.7. The molecule has 1 saturated heterocycles. The molecule has 7 heteroatoms. The van der Waals surface area contributed by atoms with E-state index in [4.69, 9.17) is 5.14 Å². The Morgan fingerprint density at radius 3 is 2.53 bits per heavy atom. The molecule has 3 N–H and O–H groups in total. The third-order valence-corrected chi connectivity index (χ3v) is 4.28. The number of hydrogen-bond donors (Lipinski definition) is 2. The molecule has 104 valence electrons. The smallest absolute Gasteiger partial charge is 0.321 e. The van der Waals surface area contributed by atoms with Crippen LogP contribution < -0.4 is 10.5 Å². The lowest BCUT2D eigenvalue weighted by Crippen LogP contribution is -2.32. The Morgan fingerprint density at radius 1 is 1.32 bits per heavy atom. The van der Waals surface area contributed by atoms with Crippen molar-refractivity contribution in [2.45, 2.75) is 24.7 Å². The predicted molar refractivity (Wildman–Crippen MR) is 72.4 cm³/mol. The molecule has 1 fully saturated rings. The van der Waals surface area contributed by atoms with Crippen molar-refractivity contribution < 1.29 is 13.2 Å². The molecule has 0 spiro atoms. The van der Waals surface area contributed by atoms with E-state index in [9.17, 15) is 13.2 Å². The Hall–Kier alpha value is -1.60. The van der Waals surface area contributed by atoms with Crippen molar-refractivity contribution in [2.24, 2.45) is 5.14 Å². The summed E-state index contributed by atoms with van der Waals surface area (Å²) in [6, 6.07) is 4.45. The summed E-state index contributed by atoms with van der Waals surface area (Å²) < 4.78 is 22.8. The van der Waals surface area contributed by atoms with E-state index in [0.717, 1.165) is 25.9 Å². The lowest BCUT2D eigenvalue weighted by molar-refractivity contribution is 0.222. The van der Waals surface area contributed by atoms with E-state index >= 15 is 0 Å². The first kappa shape index (κ1) is 13.8. The topological polar surface area (TPSA) is 92.5 Å². The maximum atomic E-state index is 12.0. The molecule has 19 heavy (non-hydrogen) atoms. The zero-order chi connectivity index (χ0) is 14.0. The number of amides is 2. The van der Waals surface area contributed by atoms with E-state index in [-0.39, 0.29) is 10.9 Å². The van der Waals surface area contributed by atoms with Crippen LogP contribution in [0, 0.1) is 6.92 Å². The third-order valence-electron chi connectivity index (χ3n) is 3.23. The summed E-state index contributed by atoms with van der Waals surface area (Å²) >= 11 is 0. The Balaban J connectivity index is 2.24. The minimum atomic E-state index is -3.78. The molecule has 0 saturated carbocycles. The molecule has 0 aromatic heterocycles. The van der Waals surface area contributed by atoms with Crippen LogP contribution in [0.1, 0.15) is 18.4 Å². The van der Waals surface area contributed by atoms with Crippen LogP contribution in [0.25, 0.3) is 0 Å². The molecule has 0 aliphatic carbocycles. The van der Waals surface area contributed by atoms with Crippen LogP contribution in [0.3, 0.4) is 0 Å². The van der Waals surface area contributed by atoms with Gasteiger partial charge in [0.05, 0.1) is 4.90 Å².